The van der Waals surface area contributed by atoms with E-state index >= 15 is 0 Å². The number of phenolic OH excluding ortho intramolecular Hbond substituents is 1. The molecule has 0 spiro atoms. The van der Waals surface area contributed by atoms with E-state index in [1.807, 2.05) is 12.1 Å². The Kier molecular flexibility index (Phi) is 3.70. The number of benzene rings is 1. The number of anilines is 1. The summed E-state index contributed by atoms with van der Waals surface area (Å²) in [7, 11) is 0. The first-order chi connectivity index (χ1) is 7.75. The molecule has 1 aromatic carbocycles. The van der Waals surface area contributed by atoms with Gasteiger partial charge in [0.25, 0.3) is 0 Å². The Balaban J connectivity index is 1.90. The number of nitrogens with one attached hydrogen (secondary N) is 1. The summed E-state index contributed by atoms with van der Waals surface area (Å²) in [5.74, 6) is 1.14. The second kappa shape index (κ2) is 5.24. The van der Waals surface area contributed by atoms with Crippen LogP contribution in [0.1, 0.15) is 39.0 Å². The highest BCUT2D eigenvalue weighted by Crippen LogP contribution is 2.28. The van der Waals surface area contributed by atoms with Crippen LogP contribution in [-0.4, -0.2) is 11.1 Å². The van der Waals surface area contributed by atoms with Crippen LogP contribution in [0.5, 0.6) is 5.75 Å². The fraction of sp³-hybridized carbons (Fsp3) is 0.571. The first-order valence-corrected chi connectivity index (χ1v) is 6.31. The molecule has 0 aliphatic heterocycles. The molecular formula is C14H21NO. The zero-order chi connectivity index (χ0) is 11.4. The fourth-order valence-corrected chi connectivity index (χ4v) is 2.57. The van der Waals surface area contributed by atoms with Gasteiger partial charge < -0.3 is 10.4 Å². The van der Waals surface area contributed by atoms with E-state index in [2.05, 4.69) is 12.2 Å². The molecule has 1 aliphatic carbocycles. The first kappa shape index (κ1) is 11.3. The monoisotopic (exact) mass is 219 g/mol. The normalized spacial score (nSPS) is 19.3. The maximum atomic E-state index is 9.21. The molecule has 0 bridgehead atoms. The van der Waals surface area contributed by atoms with Gasteiger partial charge in [0.1, 0.15) is 5.75 Å². The van der Waals surface area contributed by atoms with Gasteiger partial charge in [0.15, 0.2) is 0 Å². The maximum Gasteiger partial charge on any atom is 0.115 e. The molecular weight excluding hydrogens is 198 g/mol. The highest BCUT2D eigenvalue weighted by atomic mass is 16.3. The molecule has 1 saturated carbocycles. The van der Waals surface area contributed by atoms with Crippen molar-refractivity contribution in [3.63, 3.8) is 0 Å². The predicted octanol–water partition coefficient (Wildman–Crippen LogP) is 3.77. The zero-order valence-electron chi connectivity index (χ0n) is 9.95. The van der Waals surface area contributed by atoms with Crippen molar-refractivity contribution in [3.05, 3.63) is 24.3 Å². The molecule has 1 fully saturated rings. The highest BCUT2D eigenvalue weighted by molar-refractivity contribution is 5.46. The van der Waals surface area contributed by atoms with Crippen molar-refractivity contribution in [2.24, 2.45) is 5.92 Å². The molecule has 16 heavy (non-hydrogen) atoms. The van der Waals surface area contributed by atoms with Crippen LogP contribution < -0.4 is 5.32 Å². The van der Waals surface area contributed by atoms with E-state index in [4.69, 9.17) is 0 Å². The van der Waals surface area contributed by atoms with E-state index in [1.54, 1.807) is 12.1 Å². The summed E-state index contributed by atoms with van der Waals surface area (Å²) in [4.78, 5) is 0. The van der Waals surface area contributed by atoms with E-state index in [0.29, 0.717) is 11.8 Å². The molecule has 1 unspecified atom stereocenters. The van der Waals surface area contributed by atoms with Crippen LogP contribution in [0.3, 0.4) is 0 Å². The molecule has 0 radical (unpaired) electrons. The number of aromatic hydroxyl groups is 1. The highest BCUT2D eigenvalue weighted by Gasteiger charge is 2.19. The second-order valence-electron chi connectivity index (χ2n) is 4.88. The first-order valence-electron chi connectivity index (χ1n) is 6.31. The van der Waals surface area contributed by atoms with E-state index in [0.717, 1.165) is 11.6 Å². The quantitative estimate of drug-likeness (QED) is 0.758. The minimum Gasteiger partial charge on any atom is -0.508 e. The molecule has 1 aliphatic rings. The SMILES string of the molecule is CC(Nc1ccc(O)cc1)C1CCCCC1. The van der Waals surface area contributed by atoms with E-state index in [1.165, 1.54) is 32.1 Å². The molecule has 2 heteroatoms. The largest absolute Gasteiger partial charge is 0.508 e. The second-order valence-corrected chi connectivity index (χ2v) is 4.88. The Morgan fingerprint density at radius 1 is 1.12 bits per heavy atom. The zero-order valence-corrected chi connectivity index (χ0v) is 9.95. The summed E-state index contributed by atoms with van der Waals surface area (Å²) >= 11 is 0. The van der Waals surface area contributed by atoms with Gasteiger partial charge in [0.05, 0.1) is 0 Å². The fourth-order valence-electron chi connectivity index (χ4n) is 2.57. The molecule has 2 nitrogen and oxygen atoms in total. The van der Waals surface area contributed by atoms with Crippen molar-refractivity contribution in [2.45, 2.75) is 45.1 Å². The van der Waals surface area contributed by atoms with Gasteiger partial charge in [-0.3, -0.25) is 0 Å². The molecule has 0 aromatic heterocycles. The Morgan fingerprint density at radius 3 is 2.38 bits per heavy atom. The molecule has 1 aromatic rings. The number of hydrogen-bond donors (Lipinski definition) is 2. The van der Waals surface area contributed by atoms with E-state index < -0.39 is 0 Å². The molecule has 2 rings (SSSR count). The van der Waals surface area contributed by atoms with Gasteiger partial charge in [-0.05, 0) is 49.9 Å². The topological polar surface area (TPSA) is 32.3 Å². The Bertz CT molecular complexity index is 314. The molecule has 0 heterocycles. The standard InChI is InChI=1S/C14H21NO/c1-11(12-5-3-2-4-6-12)15-13-7-9-14(16)10-8-13/h7-12,15-16H,2-6H2,1H3. The lowest BCUT2D eigenvalue weighted by molar-refractivity contribution is 0.328. The molecule has 1 atom stereocenters. The van der Waals surface area contributed by atoms with Gasteiger partial charge >= 0.3 is 0 Å². The summed E-state index contributed by atoms with van der Waals surface area (Å²) in [6, 6.07) is 7.87. The Labute approximate surface area is 97.7 Å². The summed E-state index contributed by atoms with van der Waals surface area (Å²) in [6.45, 7) is 2.27. The number of rotatable bonds is 3. The van der Waals surface area contributed by atoms with Crippen LogP contribution in [0, 0.1) is 5.92 Å². The van der Waals surface area contributed by atoms with Crippen molar-refractivity contribution in [2.75, 3.05) is 5.32 Å². The lowest BCUT2D eigenvalue weighted by Gasteiger charge is -2.29. The Morgan fingerprint density at radius 2 is 1.75 bits per heavy atom. The van der Waals surface area contributed by atoms with Crippen LogP contribution >= 0.6 is 0 Å². The van der Waals surface area contributed by atoms with Crippen molar-refractivity contribution in [3.8, 4) is 5.75 Å². The third kappa shape index (κ3) is 2.91. The third-order valence-electron chi connectivity index (χ3n) is 3.62. The van der Waals surface area contributed by atoms with Crippen molar-refractivity contribution in [1.29, 1.82) is 0 Å². The lowest BCUT2D eigenvalue weighted by Crippen LogP contribution is -2.27. The van der Waals surface area contributed by atoms with Gasteiger partial charge in [0, 0.05) is 11.7 Å². The number of hydrogen-bond acceptors (Lipinski definition) is 2. The van der Waals surface area contributed by atoms with Crippen molar-refractivity contribution in [1.82, 2.24) is 0 Å². The summed E-state index contributed by atoms with van der Waals surface area (Å²) < 4.78 is 0. The van der Waals surface area contributed by atoms with Crippen LogP contribution in [0.15, 0.2) is 24.3 Å². The molecule has 0 saturated heterocycles. The van der Waals surface area contributed by atoms with Crippen LogP contribution in [0.2, 0.25) is 0 Å². The van der Waals surface area contributed by atoms with Crippen LogP contribution in [0.25, 0.3) is 0 Å². The van der Waals surface area contributed by atoms with Crippen molar-refractivity contribution >= 4 is 5.69 Å². The molecule has 2 N–H and O–H groups in total. The van der Waals surface area contributed by atoms with Gasteiger partial charge in [-0.2, -0.15) is 0 Å². The van der Waals surface area contributed by atoms with Gasteiger partial charge in [-0.15, -0.1) is 0 Å². The van der Waals surface area contributed by atoms with Crippen LogP contribution in [0.4, 0.5) is 5.69 Å². The number of phenols is 1. The summed E-state index contributed by atoms with van der Waals surface area (Å²) in [5, 5.41) is 12.7. The van der Waals surface area contributed by atoms with Gasteiger partial charge in [-0.1, -0.05) is 19.3 Å². The molecule has 88 valence electrons. The maximum absolute atomic E-state index is 9.21. The smallest absolute Gasteiger partial charge is 0.115 e. The van der Waals surface area contributed by atoms with E-state index in [-0.39, 0.29) is 0 Å². The van der Waals surface area contributed by atoms with E-state index in [9.17, 15) is 5.11 Å². The van der Waals surface area contributed by atoms with Crippen molar-refractivity contribution < 1.29 is 5.11 Å². The van der Waals surface area contributed by atoms with Crippen LogP contribution in [-0.2, 0) is 0 Å². The average Bonchev–Trinajstić information content (AvgIpc) is 2.33. The lowest BCUT2D eigenvalue weighted by atomic mass is 9.84. The minimum atomic E-state index is 0.330. The average molecular weight is 219 g/mol. The summed E-state index contributed by atoms with van der Waals surface area (Å²) in [5.41, 5.74) is 1.11. The third-order valence-corrected chi connectivity index (χ3v) is 3.62. The Hall–Kier alpha value is -1.18. The minimum absolute atomic E-state index is 0.330. The summed E-state index contributed by atoms with van der Waals surface area (Å²) in [6.07, 6.45) is 6.87. The van der Waals surface area contributed by atoms with Gasteiger partial charge in [0.2, 0.25) is 0 Å². The molecule has 0 amide bonds. The predicted molar refractivity (Wildman–Crippen MR) is 67.8 cm³/mol. The van der Waals surface area contributed by atoms with Gasteiger partial charge in [-0.25, -0.2) is 0 Å².